The molecular weight excluding hydrogens is 303 g/mol. The minimum atomic E-state index is -2.93. The van der Waals surface area contributed by atoms with E-state index in [2.05, 4.69) is 9.80 Å². The summed E-state index contributed by atoms with van der Waals surface area (Å²) in [6.07, 6.45) is 0. The largest absolute Gasteiger partial charge is 0.301 e. The van der Waals surface area contributed by atoms with Crippen LogP contribution in [0.15, 0.2) is 24.3 Å². The van der Waals surface area contributed by atoms with Gasteiger partial charge in [0, 0.05) is 32.2 Å². The molecule has 2 rings (SSSR count). The van der Waals surface area contributed by atoms with E-state index in [-0.39, 0.29) is 22.9 Å². The first-order valence-electron chi connectivity index (χ1n) is 7.68. The lowest BCUT2D eigenvalue weighted by molar-refractivity contribution is 0.176. The third-order valence-electron chi connectivity index (χ3n) is 4.62. The Hall–Kier alpha value is -0.980. The fraction of sp³-hybridized carbons (Fsp3) is 0.625. The third-order valence-corrected chi connectivity index (χ3v) is 6.90. The van der Waals surface area contributed by atoms with E-state index >= 15 is 0 Å². The average molecular weight is 328 g/mol. The van der Waals surface area contributed by atoms with Gasteiger partial charge in [-0.1, -0.05) is 12.1 Å². The van der Waals surface area contributed by atoms with Crippen LogP contribution in [-0.2, 0) is 16.4 Å². The van der Waals surface area contributed by atoms with E-state index in [0.29, 0.717) is 6.54 Å². The second-order valence-corrected chi connectivity index (χ2v) is 8.69. The maximum Gasteiger partial charge on any atom is 0.155 e. The first-order valence-corrected chi connectivity index (χ1v) is 9.40. The van der Waals surface area contributed by atoms with Crippen molar-refractivity contribution in [1.82, 2.24) is 9.80 Å². The van der Waals surface area contributed by atoms with Crippen LogP contribution >= 0.6 is 0 Å². The van der Waals surface area contributed by atoms with Gasteiger partial charge in [0.05, 0.1) is 11.0 Å². The summed E-state index contributed by atoms with van der Waals surface area (Å²) in [6, 6.07) is 6.59. The van der Waals surface area contributed by atoms with Crippen molar-refractivity contribution in [3.05, 3.63) is 35.6 Å². The van der Waals surface area contributed by atoms with E-state index < -0.39 is 9.84 Å². The van der Waals surface area contributed by atoms with Crippen LogP contribution in [0.1, 0.15) is 19.4 Å². The molecule has 1 aliphatic rings. The molecule has 0 radical (unpaired) electrons. The molecule has 0 N–H and O–H groups in total. The van der Waals surface area contributed by atoms with Crippen LogP contribution in [0.25, 0.3) is 0 Å². The van der Waals surface area contributed by atoms with Crippen LogP contribution in [0, 0.1) is 5.82 Å². The number of hydrogen-bond acceptors (Lipinski definition) is 4. The predicted octanol–water partition coefficient (Wildman–Crippen LogP) is 1.76. The first kappa shape index (κ1) is 17.4. The Morgan fingerprint density at radius 2 is 1.91 bits per heavy atom. The zero-order valence-corrected chi connectivity index (χ0v) is 14.3. The topological polar surface area (TPSA) is 40.6 Å². The highest BCUT2D eigenvalue weighted by Gasteiger charge is 2.35. The number of halogens is 1. The van der Waals surface area contributed by atoms with Gasteiger partial charge < -0.3 is 4.90 Å². The van der Waals surface area contributed by atoms with Crippen LogP contribution in [0.5, 0.6) is 0 Å². The lowest BCUT2D eigenvalue weighted by Gasteiger charge is -2.38. The van der Waals surface area contributed by atoms with Crippen molar-refractivity contribution in [1.29, 1.82) is 0 Å². The van der Waals surface area contributed by atoms with Crippen molar-refractivity contribution >= 4 is 9.84 Å². The molecule has 0 amide bonds. The molecule has 0 saturated carbocycles. The van der Waals surface area contributed by atoms with Crippen molar-refractivity contribution in [2.75, 3.05) is 32.4 Å². The standard InChI is InChI=1S/C16H25FN2O2S/c1-13-14(2)22(20,21)11-10-19(13)9-8-18(3)12-15-4-6-16(17)7-5-15/h4-7,13-14H,8-12H2,1-3H3/t13-,14+/m1/s1. The maximum absolute atomic E-state index is 12.9. The first-order chi connectivity index (χ1) is 10.3. The molecule has 1 aromatic rings. The molecule has 0 aromatic heterocycles. The summed E-state index contributed by atoms with van der Waals surface area (Å²) in [5, 5.41) is -0.302. The summed E-state index contributed by atoms with van der Waals surface area (Å²) in [6.45, 7) is 6.86. The molecule has 0 spiro atoms. The number of nitrogens with zero attached hydrogens (tertiary/aromatic N) is 2. The highest BCUT2D eigenvalue weighted by atomic mass is 32.2. The van der Waals surface area contributed by atoms with E-state index in [9.17, 15) is 12.8 Å². The van der Waals surface area contributed by atoms with E-state index in [1.807, 2.05) is 14.0 Å². The number of rotatable bonds is 5. The highest BCUT2D eigenvalue weighted by molar-refractivity contribution is 7.92. The van der Waals surface area contributed by atoms with Gasteiger partial charge >= 0.3 is 0 Å². The van der Waals surface area contributed by atoms with E-state index in [1.54, 1.807) is 19.1 Å². The summed E-state index contributed by atoms with van der Waals surface area (Å²) >= 11 is 0. The van der Waals surface area contributed by atoms with Gasteiger partial charge in [0.15, 0.2) is 9.84 Å². The Bertz CT molecular complexity index is 589. The number of likely N-dealkylation sites (N-methyl/N-ethyl adjacent to an activating group) is 1. The third kappa shape index (κ3) is 4.27. The molecule has 2 atom stereocenters. The highest BCUT2D eigenvalue weighted by Crippen LogP contribution is 2.19. The Morgan fingerprint density at radius 1 is 1.27 bits per heavy atom. The maximum atomic E-state index is 12.9. The van der Waals surface area contributed by atoms with Crippen molar-refractivity contribution in [2.45, 2.75) is 31.7 Å². The quantitative estimate of drug-likeness (QED) is 0.826. The monoisotopic (exact) mass is 328 g/mol. The van der Waals surface area contributed by atoms with Crippen LogP contribution in [-0.4, -0.2) is 61.9 Å². The van der Waals surface area contributed by atoms with Crippen molar-refractivity contribution < 1.29 is 12.8 Å². The van der Waals surface area contributed by atoms with E-state index in [4.69, 9.17) is 0 Å². The van der Waals surface area contributed by atoms with Crippen molar-refractivity contribution in [2.24, 2.45) is 0 Å². The fourth-order valence-corrected chi connectivity index (χ4v) is 4.46. The molecule has 0 bridgehead atoms. The van der Waals surface area contributed by atoms with Gasteiger partial charge in [0.1, 0.15) is 5.82 Å². The molecule has 1 saturated heterocycles. The van der Waals surface area contributed by atoms with Gasteiger partial charge in [0.25, 0.3) is 0 Å². The van der Waals surface area contributed by atoms with Gasteiger partial charge in [-0.2, -0.15) is 0 Å². The van der Waals surface area contributed by atoms with E-state index in [0.717, 1.165) is 25.2 Å². The molecule has 1 aliphatic heterocycles. The summed E-state index contributed by atoms with van der Waals surface area (Å²) in [5.41, 5.74) is 1.08. The molecule has 0 aliphatic carbocycles. The Morgan fingerprint density at radius 3 is 2.55 bits per heavy atom. The molecule has 1 heterocycles. The zero-order valence-electron chi connectivity index (χ0n) is 13.5. The molecule has 124 valence electrons. The van der Waals surface area contributed by atoms with Crippen LogP contribution in [0.3, 0.4) is 0 Å². The number of benzene rings is 1. The second-order valence-electron chi connectivity index (χ2n) is 6.21. The fourth-order valence-electron chi connectivity index (χ4n) is 2.83. The number of sulfone groups is 1. The number of hydrogen-bond donors (Lipinski definition) is 0. The van der Waals surface area contributed by atoms with Gasteiger partial charge in [-0.05, 0) is 38.6 Å². The summed E-state index contributed by atoms with van der Waals surface area (Å²) < 4.78 is 36.6. The lowest BCUT2D eigenvalue weighted by atomic mass is 10.2. The van der Waals surface area contributed by atoms with Crippen molar-refractivity contribution in [3.63, 3.8) is 0 Å². The lowest BCUT2D eigenvalue weighted by Crippen LogP contribution is -2.53. The van der Waals surface area contributed by atoms with Crippen molar-refractivity contribution in [3.8, 4) is 0 Å². The molecular formula is C16H25FN2O2S. The Labute approximate surface area is 132 Å². The Balaban J connectivity index is 1.83. The minimum absolute atomic E-state index is 0.0537. The minimum Gasteiger partial charge on any atom is -0.301 e. The smallest absolute Gasteiger partial charge is 0.155 e. The normalized spacial score (nSPS) is 25.5. The Kier molecular flexibility index (Phi) is 5.58. The molecule has 4 nitrogen and oxygen atoms in total. The molecule has 1 fully saturated rings. The van der Waals surface area contributed by atoms with Gasteiger partial charge in [-0.25, -0.2) is 12.8 Å². The average Bonchev–Trinajstić information content (AvgIpc) is 2.47. The van der Waals surface area contributed by atoms with Crippen LogP contribution < -0.4 is 0 Å². The summed E-state index contributed by atoms with van der Waals surface area (Å²) in [5.74, 6) is 0.0314. The molecule has 6 heteroatoms. The zero-order chi connectivity index (χ0) is 16.3. The van der Waals surface area contributed by atoms with Gasteiger partial charge in [-0.3, -0.25) is 4.90 Å². The second kappa shape index (κ2) is 7.06. The van der Waals surface area contributed by atoms with E-state index in [1.165, 1.54) is 12.1 Å². The molecule has 1 aromatic carbocycles. The SMILES string of the molecule is C[C@@H]1[C@H](C)S(=O)(=O)CCN1CCN(C)Cc1ccc(F)cc1. The summed E-state index contributed by atoms with van der Waals surface area (Å²) in [4.78, 5) is 4.42. The summed E-state index contributed by atoms with van der Waals surface area (Å²) in [7, 11) is -0.900. The van der Waals surface area contributed by atoms with Crippen LogP contribution in [0.4, 0.5) is 4.39 Å². The predicted molar refractivity (Wildman–Crippen MR) is 87.0 cm³/mol. The van der Waals surface area contributed by atoms with Gasteiger partial charge in [-0.15, -0.1) is 0 Å². The molecule has 22 heavy (non-hydrogen) atoms. The molecule has 0 unspecified atom stereocenters. The van der Waals surface area contributed by atoms with Crippen LogP contribution in [0.2, 0.25) is 0 Å². The van der Waals surface area contributed by atoms with Gasteiger partial charge in [0.2, 0.25) is 0 Å².